The monoisotopic (exact) mass is 1070 g/mol. The Morgan fingerprint density at radius 3 is 1.50 bits per heavy atom. The molecule has 37 nitrogen and oxygen atoms in total. The molecule has 15 N–H and O–H groups in total. The van der Waals surface area contributed by atoms with Gasteiger partial charge < -0.3 is 74.0 Å². The van der Waals surface area contributed by atoms with Crippen LogP contribution in [0, 0.1) is 0 Å². The molecule has 0 aliphatic carbocycles. The first-order valence-corrected chi connectivity index (χ1v) is 24.2. The van der Waals surface area contributed by atoms with Crippen molar-refractivity contribution in [3.8, 4) is 0 Å². The van der Waals surface area contributed by atoms with Gasteiger partial charge >= 0.3 is 63.7 Å². The molecule has 3 saturated heterocycles. The van der Waals surface area contributed by atoms with Gasteiger partial charge in [0.2, 0.25) is 12.0 Å². The molecular formula is C24H38N2O35S5. The van der Waals surface area contributed by atoms with Crippen LogP contribution >= 0.6 is 0 Å². The van der Waals surface area contributed by atoms with E-state index in [4.69, 9.17) is 37.7 Å². The van der Waals surface area contributed by atoms with Gasteiger partial charge in [-0.05, 0) is 6.08 Å². The minimum Gasteiger partial charge on any atom is -0.479 e. The van der Waals surface area contributed by atoms with E-state index in [-0.39, 0.29) is 0 Å². The van der Waals surface area contributed by atoms with Crippen LogP contribution in [0.5, 0.6) is 0 Å². The molecule has 66 heavy (non-hydrogen) atoms. The topological polar surface area (TPSA) is 584 Å². The van der Waals surface area contributed by atoms with Crippen molar-refractivity contribution in [3.05, 3.63) is 11.8 Å². The summed E-state index contributed by atoms with van der Waals surface area (Å²) in [7, 11) is -28.0. The van der Waals surface area contributed by atoms with E-state index in [0.717, 1.165) is 0 Å². The standard InChI is InChI=1S/C24H38N2O35S5/c27-4-1-5(19(32)33)55-23(10(4)28)57-15-7(3-53-65(46,47)48)56-22(9(12(15)30)26-63(40,41)42)59-16-13(31)17(61-66(49,50)51)24(60-18(16)20(34)35)58-14-6(2-52-64(43,44)45)54-21(36)8(11(14)29)25-62(37,38)39/h1,4,6-18,21-31,36H,2-3H2,(H,32,33)(H,34,35)(H,37,38,39)(H,40,41,42)(H,43,44,45)(H,46,47,48)(H,49,50,51)/t4-,6+,7+,8+,9+,10+,11+,12+,13-,14+,15+,16-,17+,18+,21-,22+,23-,24+/m0/s1. The third kappa shape index (κ3) is 15.4. The van der Waals surface area contributed by atoms with Gasteiger partial charge in [-0.25, -0.2) is 22.1 Å². The number of aliphatic hydroxyl groups is 6. The van der Waals surface area contributed by atoms with Crippen molar-refractivity contribution in [2.24, 2.45) is 0 Å². The predicted octanol–water partition coefficient (Wildman–Crippen LogP) is -10.1. The average Bonchev–Trinajstić information content (AvgIpc) is 3.14. The Hall–Kier alpha value is -2.65. The molecule has 0 amide bonds. The molecule has 0 aromatic carbocycles. The summed E-state index contributed by atoms with van der Waals surface area (Å²) in [6, 6.07) is -5.13. The van der Waals surface area contributed by atoms with Crippen LogP contribution in [0.25, 0.3) is 0 Å². The summed E-state index contributed by atoms with van der Waals surface area (Å²) >= 11 is 0. The smallest absolute Gasteiger partial charge is 0.397 e. The van der Waals surface area contributed by atoms with E-state index in [1.165, 1.54) is 9.44 Å². The first-order valence-electron chi connectivity index (χ1n) is 17.2. The van der Waals surface area contributed by atoms with Gasteiger partial charge in [0.1, 0.15) is 73.1 Å². The molecule has 0 bridgehead atoms. The quantitative estimate of drug-likeness (QED) is 0.0503. The number of hydrogen-bond donors (Lipinski definition) is 15. The third-order valence-corrected chi connectivity index (χ3v) is 11.4. The first kappa shape index (κ1) is 55.9. The number of aliphatic hydroxyl groups excluding tert-OH is 6. The second kappa shape index (κ2) is 21.1. The number of nitrogens with one attached hydrogen (secondary N) is 2. The summed E-state index contributed by atoms with van der Waals surface area (Å²) < 4.78 is 215. The lowest BCUT2D eigenvalue weighted by Crippen LogP contribution is -2.70. The van der Waals surface area contributed by atoms with E-state index >= 15 is 0 Å². The largest absolute Gasteiger partial charge is 0.479 e. The number of ether oxygens (including phenoxy) is 7. The van der Waals surface area contributed by atoms with Crippen molar-refractivity contribution < 1.29 is 161 Å². The van der Waals surface area contributed by atoms with Crippen LogP contribution in [0.1, 0.15) is 0 Å². The molecule has 0 spiro atoms. The Morgan fingerprint density at radius 2 is 1.03 bits per heavy atom. The highest BCUT2D eigenvalue weighted by Crippen LogP contribution is 2.36. The average molecular weight is 1070 g/mol. The number of hydrogen-bond acceptors (Lipinski definition) is 28. The van der Waals surface area contributed by atoms with Crippen LogP contribution < -0.4 is 9.44 Å². The molecule has 18 atom stereocenters. The van der Waals surface area contributed by atoms with E-state index < -0.39 is 193 Å². The van der Waals surface area contributed by atoms with Crippen LogP contribution in [-0.2, 0) is 107 Å². The van der Waals surface area contributed by atoms with Crippen LogP contribution in [0.3, 0.4) is 0 Å². The maximum absolute atomic E-state index is 12.6. The maximum Gasteiger partial charge on any atom is 0.397 e. The maximum atomic E-state index is 12.6. The predicted molar refractivity (Wildman–Crippen MR) is 189 cm³/mol. The summed E-state index contributed by atoms with van der Waals surface area (Å²) in [5, 5.41) is 84.2. The van der Waals surface area contributed by atoms with Crippen molar-refractivity contribution in [3.63, 3.8) is 0 Å². The van der Waals surface area contributed by atoms with Crippen LogP contribution in [0.15, 0.2) is 11.8 Å². The zero-order valence-electron chi connectivity index (χ0n) is 31.7. The number of carboxylic acid groups (broad SMARTS) is 2. The van der Waals surface area contributed by atoms with Gasteiger partial charge in [-0.3, -0.25) is 22.8 Å². The minimum atomic E-state index is -5.96. The number of rotatable bonds is 20. The van der Waals surface area contributed by atoms with Crippen LogP contribution in [0.4, 0.5) is 0 Å². The van der Waals surface area contributed by atoms with Gasteiger partial charge in [0.25, 0.3) is 0 Å². The Labute approximate surface area is 368 Å². The highest BCUT2D eigenvalue weighted by molar-refractivity contribution is 7.84. The normalized spacial score (nSPS) is 38.5. The van der Waals surface area contributed by atoms with Crippen molar-refractivity contribution in [2.45, 2.75) is 110 Å². The minimum absolute atomic E-state index is 0.459. The van der Waals surface area contributed by atoms with Gasteiger partial charge in [0.05, 0.1) is 13.2 Å². The molecule has 4 heterocycles. The van der Waals surface area contributed by atoms with Gasteiger partial charge in [0.15, 0.2) is 31.1 Å². The fourth-order valence-corrected chi connectivity index (χ4v) is 8.64. The molecule has 4 rings (SSSR count). The molecule has 4 aliphatic rings. The molecule has 0 aromatic heterocycles. The summed E-state index contributed by atoms with van der Waals surface area (Å²) in [4.78, 5) is 24.2. The van der Waals surface area contributed by atoms with Crippen LogP contribution in [-0.4, -0.2) is 241 Å². The van der Waals surface area contributed by atoms with E-state index in [1.54, 1.807) is 0 Å². The fraction of sp³-hybridized carbons (Fsp3) is 0.833. The van der Waals surface area contributed by atoms with E-state index in [9.17, 15) is 111 Å². The Bertz CT molecular complexity index is 2340. The molecule has 42 heteroatoms. The molecule has 3 fully saturated rings. The lowest BCUT2D eigenvalue weighted by molar-refractivity contribution is -0.362. The number of carbonyl (C=O) groups is 2. The molecule has 0 radical (unpaired) electrons. The van der Waals surface area contributed by atoms with Crippen LogP contribution in [0.2, 0.25) is 0 Å². The number of carboxylic acids is 2. The SMILES string of the molecule is O=C(O)C1=C[C@H](O)[C@@H](O)[C@H](O[C@H]2[C@H](O)[C@@H](NS(=O)(=O)O)[C@@H](O[C@H]3[C@H](O)[C@@H](OS(=O)(=O)O)[C@H](O[C@H]4[C@H](O)[C@@H](NS(=O)(=O)O)[C@@H](O)O[C@@H]4COS(=O)(=O)O)O[C@H]3C(=O)O)O[C@@H]2COS(=O)(=O)O)O1. The Balaban J connectivity index is 1.77. The molecule has 0 unspecified atom stereocenters. The Kier molecular flexibility index (Phi) is 17.9. The summed E-state index contributed by atoms with van der Waals surface area (Å²) in [5.74, 6) is -5.33. The lowest BCUT2D eigenvalue weighted by atomic mass is 9.95. The van der Waals surface area contributed by atoms with E-state index in [0.29, 0.717) is 6.08 Å². The van der Waals surface area contributed by atoms with Crippen molar-refractivity contribution in [1.29, 1.82) is 0 Å². The Morgan fingerprint density at radius 1 is 0.561 bits per heavy atom. The van der Waals surface area contributed by atoms with E-state index in [2.05, 4.69) is 12.5 Å². The van der Waals surface area contributed by atoms with Crippen molar-refractivity contribution in [2.75, 3.05) is 13.2 Å². The second-order valence-electron chi connectivity index (χ2n) is 13.6. The van der Waals surface area contributed by atoms with Crippen molar-refractivity contribution >= 4 is 63.7 Å². The van der Waals surface area contributed by atoms with Gasteiger partial charge in [-0.2, -0.15) is 51.5 Å². The highest BCUT2D eigenvalue weighted by atomic mass is 32.3. The third-order valence-electron chi connectivity index (χ3n) is 8.97. The zero-order valence-corrected chi connectivity index (χ0v) is 35.8. The summed E-state index contributed by atoms with van der Waals surface area (Å²) in [5.41, 5.74) is 0. The summed E-state index contributed by atoms with van der Waals surface area (Å²) in [6.45, 7) is -3.11. The number of aliphatic carboxylic acids is 2. The molecule has 0 aromatic rings. The molecule has 0 saturated carbocycles. The molecule has 384 valence electrons. The lowest BCUT2D eigenvalue weighted by Gasteiger charge is -2.49. The summed E-state index contributed by atoms with van der Waals surface area (Å²) in [6.07, 6.45) is -41.6. The van der Waals surface area contributed by atoms with Gasteiger partial charge in [0, 0.05) is 0 Å². The first-order chi connectivity index (χ1) is 29.9. The molecule has 4 aliphatic heterocycles. The van der Waals surface area contributed by atoms with Crippen molar-refractivity contribution in [1.82, 2.24) is 9.44 Å². The fourth-order valence-electron chi connectivity index (χ4n) is 6.35. The highest BCUT2D eigenvalue weighted by Gasteiger charge is 2.58. The van der Waals surface area contributed by atoms with Gasteiger partial charge in [-0.1, -0.05) is 0 Å². The second-order valence-corrected chi connectivity index (χ2v) is 19.2. The molecular weight excluding hydrogens is 1040 g/mol. The van der Waals surface area contributed by atoms with E-state index in [1.807, 2.05) is 0 Å². The van der Waals surface area contributed by atoms with Gasteiger partial charge in [-0.15, -0.1) is 0 Å². The zero-order chi connectivity index (χ0) is 50.2.